The molecule has 4 fully saturated rings. The maximum atomic E-state index is 2.72. The van der Waals surface area contributed by atoms with Gasteiger partial charge in [-0.3, -0.25) is 0 Å². The summed E-state index contributed by atoms with van der Waals surface area (Å²) in [5.74, 6) is 3.15. The Labute approximate surface area is 186 Å². The van der Waals surface area contributed by atoms with Gasteiger partial charge < -0.3 is 0 Å². The van der Waals surface area contributed by atoms with Gasteiger partial charge in [0.05, 0.1) is 0 Å². The molecule has 0 aliphatic heterocycles. The molecule has 6 aliphatic carbocycles. The van der Waals surface area contributed by atoms with E-state index in [-0.39, 0.29) is 0 Å². The van der Waals surface area contributed by atoms with Crippen molar-refractivity contribution in [1.82, 2.24) is 0 Å². The SMILES string of the molecule is C1=[C]([Zr][c]2cccc3c2Cc2ccccc2-3)CC=C1C12CC3CC(CC(C3)C1)C2. The van der Waals surface area contributed by atoms with Crippen molar-refractivity contribution in [3.8, 4) is 11.1 Å². The van der Waals surface area contributed by atoms with Crippen LogP contribution in [0.25, 0.3) is 11.1 Å². The van der Waals surface area contributed by atoms with Gasteiger partial charge in [0.15, 0.2) is 0 Å². The number of rotatable bonds is 3. The molecule has 0 heterocycles. The van der Waals surface area contributed by atoms with Crippen molar-refractivity contribution in [1.29, 1.82) is 0 Å². The van der Waals surface area contributed by atoms with Gasteiger partial charge in [-0.05, 0) is 0 Å². The van der Waals surface area contributed by atoms with E-state index in [1.807, 2.05) is 3.28 Å². The van der Waals surface area contributed by atoms with Crippen LogP contribution < -0.4 is 3.27 Å². The first-order valence-electron chi connectivity index (χ1n) is 11.6. The van der Waals surface area contributed by atoms with Crippen LogP contribution in [0.3, 0.4) is 0 Å². The predicted molar refractivity (Wildman–Crippen MR) is 116 cm³/mol. The van der Waals surface area contributed by atoms with Crippen LogP contribution in [0.2, 0.25) is 0 Å². The van der Waals surface area contributed by atoms with E-state index in [9.17, 15) is 0 Å². The Hall–Kier alpha value is -1.20. The summed E-state index contributed by atoms with van der Waals surface area (Å²) in [6.07, 6.45) is 17.0. The van der Waals surface area contributed by atoms with Crippen LogP contribution >= 0.6 is 0 Å². The average molecular weight is 456 g/mol. The second-order valence-electron chi connectivity index (χ2n) is 10.5. The van der Waals surface area contributed by atoms with Gasteiger partial charge in [0.25, 0.3) is 0 Å². The monoisotopic (exact) mass is 454 g/mol. The van der Waals surface area contributed by atoms with Gasteiger partial charge in [0.2, 0.25) is 0 Å². The Morgan fingerprint density at radius 2 is 1.52 bits per heavy atom. The first-order chi connectivity index (χ1) is 14.3. The molecule has 0 amide bonds. The summed E-state index contributed by atoms with van der Waals surface area (Å²) in [5.41, 5.74) is 8.56. The van der Waals surface area contributed by atoms with Crippen LogP contribution in [0.5, 0.6) is 0 Å². The summed E-state index contributed by atoms with van der Waals surface area (Å²) < 4.78 is 3.55. The van der Waals surface area contributed by atoms with E-state index in [2.05, 4.69) is 54.6 Å². The molecule has 0 nitrogen and oxygen atoms in total. The van der Waals surface area contributed by atoms with Crippen molar-refractivity contribution in [2.45, 2.75) is 51.4 Å². The molecule has 0 spiro atoms. The molecule has 0 radical (unpaired) electrons. The second-order valence-corrected chi connectivity index (χ2v) is 14.0. The van der Waals surface area contributed by atoms with E-state index in [0.717, 1.165) is 24.2 Å². The molecule has 0 saturated heterocycles. The minimum absolute atomic E-state index is 0.588. The topological polar surface area (TPSA) is 0 Å². The summed E-state index contributed by atoms with van der Waals surface area (Å²) in [4.78, 5) is 0. The third-order valence-electron chi connectivity index (χ3n) is 8.67. The van der Waals surface area contributed by atoms with Crippen LogP contribution in [-0.4, -0.2) is 0 Å². The van der Waals surface area contributed by atoms with E-state index < -0.39 is 23.2 Å². The number of benzene rings is 2. The van der Waals surface area contributed by atoms with Crippen molar-refractivity contribution in [3.05, 3.63) is 74.6 Å². The molecule has 1 heteroatoms. The van der Waals surface area contributed by atoms with Crippen LogP contribution in [0, 0.1) is 23.2 Å². The molecule has 144 valence electrons. The zero-order valence-corrected chi connectivity index (χ0v) is 19.5. The molecule has 29 heavy (non-hydrogen) atoms. The zero-order chi connectivity index (χ0) is 19.0. The number of allylic oxidation sites excluding steroid dienone is 4. The van der Waals surface area contributed by atoms with Gasteiger partial charge in [0.1, 0.15) is 0 Å². The average Bonchev–Trinajstić information content (AvgIpc) is 3.33. The van der Waals surface area contributed by atoms with Crippen LogP contribution in [0.4, 0.5) is 0 Å². The molecule has 2 aromatic rings. The van der Waals surface area contributed by atoms with Crippen LogP contribution in [0.15, 0.2) is 63.5 Å². The fourth-order valence-electron chi connectivity index (χ4n) is 7.89. The minimum atomic E-state index is -0.697. The Balaban J connectivity index is 1.17. The summed E-state index contributed by atoms with van der Waals surface area (Å²) in [5, 5.41) is 0. The first-order valence-corrected chi connectivity index (χ1v) is 14.1. The molecule has 0 aromatic heterocycles. The Kier molecular flexibility index (Phi) is 3.86. The maximum absolute atomic E-state index is 2.72. The fourth-order valence-corrected chi connectivity index (χ4v) is 11.2. The number of fused-ring (bicyclic) bond motifs is 3. The van der Waals surface area contributed by atoms with E-state index in [4.69, 9.17) is 0 Å². The third-order valence-corrected chi connectivity index (χ3v) is 12.1. The van der Waals surface area contributed by atoms with Gasteiger partial charge in [-0.1, -0.05) is 0 Å². The summed E-state index contributed by atoms with van der Waals surface area (Å²) in [6, 6.07) is 16.2. The molecule has 4 saturated carbocycles. The Bertz CT molecular complexity index is 1030. The number of hydrogen-bond donors (Lipinski definition) is 0. The first kappa shape index (κ1) is 17.5. The van der Waals surface area contributed by atoms with Gasteiger partial charge in [-0.25, -0.2) is 0 Å². The zero-order valence-electron chi connectivity index (χ0n) is 17.1. The van der Waals surface area contributed by atoms with Crippen molar-refractivity contribution < 1.29 is 23.2 Å². The Morgan fingerprint density at radius 1 is 0.793 bits per heavy atom. The van der Waals surface area contributed by atoms with E-state index in [0.29, 0.717) is 5.41 Å². The molecular formula is C28H28Zr. The van der Waals surface area contributed by atoms with Gasteiger partial charge in [-0.2, -0.15) is 0 Å². The van der Waals surface area contributed by atoms with Crippen LogP contribution in [-0.2, 0) is 29.7 Å². The number of hydrogen-bond acceptors (Lipinski definition) is 0. The molecule has 4 bridgehead atoms. The second kappa shape index (κ2) is 6.40. The quantitative estimate of drug-likeness (QED) is 0.429. The molecular weight excluding hydrogens is 428 g/mol. The van der Waals surface area contributed by atoms with Gasteiger partial charge in [0, 0.05) is 0 Å². The van der Waals surface area contributed by atoms with Crippen LogP contribution in [0.1, 0.15) is 56.1 Å². The molecule has 0 N–H and O–H groups in total. The summed E-state index contributed by atoms with van der Waals surface area (Å²) >= 11 is -0.697. The molecule has 0 atom stereocenters. The Morgan fingerprint density at radius 3 is 2.31 bits per heavy atom. The standard InChI is InChI=1S/C15H19.C13H9.Zr/c1-2-4-14(3-1)15-8-11-5-12(9-15)7-13(6-11)10-15;1-3-7-12-10(5-1)9-11-6-2-4-8-13(11)12;/h3-4,11-13H,1,5-10H2;1-5,7-8H,9H2;. The van der Waals surface area contributed by atoms with E-state index in [1.54, 1.807) is 33.7 Å². The van der Waals surface area contributed by atoms with Gasteiger partial charge in [-0.15, -0.1) is 0 Å². The molecule has 6 aliphatic rings. The summed E-state index contributed by atoms with van der Waals surface area (Å²) in [6.45, 7) is 0. The van der Waals surface area contributed by atoms with Crippen molar-refractivity contribution >= 4 is 3.27 Å². The van der Waals surface area contributed by atoms with Crippen molar-refractivity contribution in [2.24, 2.45) is 23.2 Å². The van der Waals surface area contributed by atoms with Gasteiger partial charge >= 0.3 is 187 Å². The summed E-state index contributed by atoms with van der Waals surface area (Å²) in [7, 11) is 0. The molecule has 8 rings (SSSR count). The van der Waals surface area contributed by atoms with E-state index >= 15 is 0 Å². The predicted octanol–water partition coefficient (Wildman–Crippen LogP) is 6.40. The normalized spacial score (nSPS) is 33.3. The molecule has 0 unspecified atom stereocenters. The fraction of sp³-hybridized carbons (Fsp3) is 0.429. The molecule has 2 aromatic carbocycles. The van der Waals surface area contributed by atoms with E-state index in [1.165, 1.54) is 42.4 Å². The van der Waals surface area contributed by atoms with Crippen molar-refractivity contribution in [2.75, 3.05) is 0 Å². The third kappa shape index (κ3) is 2.72. The van der Waals surface area contributed by atoms with Crippen molar-refractivity contribution in [3.63, 3.8) is 0 Å².